The van der Waals surface area contributed by atoms with Gasteiger partial charge in [-0.2, -0.15) is 0 Å². The summed E-state index contributed by atoms with van der Waals surface area (Å²) in [6, 6.07) is 15.1. The van der Waals surface area contributed by atoms with E-state index in [0.29, 0.717) is 15.6 Å². The fourth-order valence-corrected chi connectivity index (χ4v) is 3.17. The van der Waals surface area contributed by atoms with Gasteiger partial charge in [-0.05, 0) is 43.3 Å². The van der Waals surface area contributed by atoms with E-state index in [4.69, 9.17) is 5.73 Å². The highest BCUT2D eigenvalue weighted by molar-refractivity contribution is 9.10. The SMILES string of the molecule is Cc1ccc(Nc2nc(N)c(C(=O)c3ccc(Br)cc3)s2)cc1. The molecule has 0 saturated carbocycles. The molecule has 1 aromatic heterocycles. The third-order valence-corrected chi connectivity index (χ3v) is 4.78. The van der Waals surface area contributed by atoms with Gasteiger partial charge >= 0.3 is 0 Å². The van der Waals surface area contributed by atoms with Crippen molar-refractivity contribution < 1.29 is 4.79 Å². The number of aryl methyl sites for hydroxylation is 1. The number of halogens is 1. The summed E-state index contributed by atoms with van der Waals surface area (Å²) in [4.78, 5) is 17.2. The highest BCUT2D eigenvalue weighted by atomic mass is 79.9. The number of thiazole rings is 1. The van der Waals surface area contributed by atoms with Gasteiger partial charge in [0.05, 0.1) is 0 Å². The molecule has 0 amide bonds. The molecule has 0 radical (unpaired) electrons. The topological polar surface area (TPSA) is 68.0 Å². The largest absolute Gasteiger partial charge is 0.382 e. The van der Waals surface area contributed by atoms with Crippen LogP contribution in [-0.4, -0.2) is 10.8 Å². The molecule has 2 aromatic carbocycles. The Balaban J connectivity index is 1.84. The summed E-state index contributed by atoms with van der Waals surface area (Å²) >= 11 is 4.61. The summed E-state index contributed by atoms with van der Waals surface area (Å²) in [5.41, 5.74) is 8.59. The highest BCUT2D eigenvalue weighted by Crippen LogP contribution is 2.30. The van der Waals surface area contributed by atoms with Gasteiger partial charge in [-0.3, -0.25) is 4.79 Å². The number of rotatable bonds is 4. The minimum absolute atomic E-state index is 0.121. The zero-order valence-corrected chi connectivity index (χ0v) is 14.7. The third kappa shape index (κ3) is 3.60. The quantitative estimate of drug-likeness (QED) is 0.632. The normalized spacial score (nSPS) is 10.5. The first-order valence-electron chi connectivity index (χ1n) is 6.93. The number of nitrogens with zero attached hydrogens (tertiary/aromatic N) is 1. The van der Waals surface area contributed by atoms with Crippen molar-refractivity contribution in [1.29, 1.82) is 0 Å². The van der Waals surface area contributed by atoms with Crippen LogP contribution < -0.4 is 11.1 Å². The van der Waals surface area contributed by atoms with Gasteiger partial charge in [-0.25, -0.2) is 4.98 Å². The van der Waals surface area contributed by atoms with Crippen molar-refractivity contribution in [3.63, 3.8) is 0 Å². The van der Waals surface area contributed by atoms with Crippen molar-refractivity contribution >= 4 is 49.7 Å². The summed E-state index contributed by atoms with van der Waals surface area (Å²) in [6.45, 7) is 2.03. The molecule has 0 spiro atoms. The lowest BCUT2D eigenvalue weighted by molar-refractivity contribution is 0.104. The average Bonchev–Trinajstić information content (AvgIpc) is 2.90. The van der Waals surface area contributed by atoms with Gasteiger partial charge in [0.1, 0.15) is 10.7 Å². The Hall–Kier alpha value is -2.18. The Labute approximate surface area is 146 Å². The number of hydrogen-bond acceptors (Lipinski definition) is 5. The number of carbonyl (C=O) groups excluding carboxylic acids is 1. The van der Waals surface area contributed by atoms with E-state index in [1.54, 1.807) is 12.1 Å². The number of benzene rings is 2. The van der Waals surface area contributed by atoms with E-state index < -0.39 is 0 Å². The summed E-state index contributed by atoms with van der Waals surface area (Å²) in [5, 5.41) is 3.78. The predicted octanol–water partition coefficient (Wildman–Crippen LogP) is 4.77. The van der Waals surface area contributed by atoms with Crippen LogP contribution in [0.2, 0.25) is 0 Å². The third-order valence-electron chi connectivity index (χ3n) is 3.27. The predicted molar refractivity (Wildman–Crippen MR) is 98.6 cm³/mol. The van der Waals surface area contributed by atoms with Gasteiger partial charge in [0, 0.05) is 15.7 Å². The van der Waals surface area contributed by atoms with Crippen LogP contribution in [-0.2, 0) is 0 Å². The second-order valence-corrected chi connectivity index (χ2v) is 6.98. The van der Waals surface area contributed by atoms with Crippen molar-refractivity contribution in [2.75, 3.05) is 11.1 Å². The van der Waals surface area contributed by atoms with Crippen LogP contribution >= 0.6 is 27.3 Å². The van der Waals surface area contributed by atoms with E-state index in [0.717, 1.165) is 10.2 Å². The molecular weight excluding hydrogens is 374 g/mol. The van der Waals surface area contributed by atoms with Crippen LogP contribution in [0, 0.1) is 6.92 Å². The zero-order chi connectivity index (χ0) is 16.4. The standard InChI is InChI=1S/C17H14BrN3OS/c1-10-2-8-13(9-3-10)20-17-21-16(19)15(23-17)14(22)11-4-6-12(18)7-5-11/h2-9H,19H2,1H3,(H,20,21). The lowest BCUT2D eigenvalue weighted by atomic mass is 10.1. The Kier molecular flexibility index (Phi) is 4.45. The molecular formula is C17H14BrN3OS. The Morgan fingerprint density at radius 2 is 1.78 bits per heavy atom. The number of anilines is 3. The molecule has 0 fully saturated rings. The molecule has 23 heavy (non-hydrogen) atoms. The smallest absolute Gasteiger partial charge is 0.206 e. The van der Waals surface area contributed by atoms with Crippen molar-refractivity contribution in [2.45, 2.75) is 6.92 Å². The van der Waals surface area contributed by atoms with Crippen LogP contribution in [0.3, 0.4) is 0 Å². The Morgan fingerprint density at radius 1 is 1.13 bits per heavy atom. The first kappa shape index (κ1) is 15.7. The van der Waals surface area contributed by atoms with Crippen molar-refractivity contribution in [1.82, 2.24) is 4.98 Å². The summed E-state index contributed by atoms with van der Waals surface area (Å²) < 4.78 is 0.924. The molecule has 6 heteroatoms. The minimum Gasteiger partial charge on any atom is -0.382 e. The average molecular weight is 388 g/mol. The van der Waals surface area contributed by atoms with E-state index in [2.05, 4.69) is 26.2 Å². The number of carbonyl (C=O) groups is 1. The molecule has 0 bridgehead atoms. The van der Waals surface area contributed by atoms with Crippen molar-refractivity contribution in [3.05, 3.63) is 69.0 Å². The van der Waals surface area contributed by atoms with Gasteiger partial charge in [0.2, 0.25) is 5.78 Å². The molecule has 4 nitrogen and oxygen atoms in total. The van der Waals surface area contributed by atoms with Gasteiger partial charge < -0.3 is 11.1 Å². The molecule has 0 unspecified atom stereocenters. The fraction of sp³-hybridized carbons (Fsp3) is 0.0588. The van der Waals surface area contributed by atoms with E-state index in [1.165, 1.54) is 16.9 Å². The van der Waals surface area contributed by atoms with Crippen molar-refractivity contribution in [2.24, 2.45) is 0 Å². The molecule has 3 rings (SSSR count). The van der Waals surface area contributed by atoms with E-state index in [9.17, 15) is 4.79 Å². The number of nitrogens with one attached hydrogen (secondary N) is 1. The molecule has 3 aromatic rings. The Bertz CT molecular complexity index is 841. The highest BCUT2D eigenvalue weighted by Gasteiger charge is 2.18. The van der Waals surface area contributed by atoms with Crippen LogP contribution in [0.15, 0.2) is 53.0 Å². The van der Waals surface area contributed by atoms with E-state index in [-0.39, 0.29) is 11.6 Å². The number of hydrogen-bond donors (Lipinski definition) is 2. The summed E-state index contributed by atoms with van der Waals surface area (Å²) in [6.07, 6.45) is 0. The first-order valence-corrected chi connectivity index (χ1v) is 8.54. The lowest BCUT2D eigenvalue weighted by Gasteiger charge is -2.02. The molecule has 0 aliphatic carbocycles. The maximum atomic E-state index is 12.5. The second-order valence-electron chi connectivity index (χ2n) is 5.06. The molecule has 0 aliphatic heterocycles. The molecule has 3 N–H and O–H groups in total. The monoisotopic (exact) mass is 387 g/mol. The summed E-state index contributed by atoms with van der Waals surface area (Å²) in [7, 11) is 0. The maximum absolute atomic E-state index is 12.5. The molecule has 1 heterocycles. The number of aromatic nitrogens is 1. The van der Waals surface area contributed by atoms with Gasteiger partial charge in [-0.1, -0.05) is 45.0 Å². The lowest BCUT2D eigenvalue weighted by Crippen LogP contribution is -2.02. The number of nitrogen functional groups attached to an aromatic ring is 1. The Morgan fingerprint density at radius 3 is 2.43 bits per heavy atom. The molecule has 116 valence electrons. The second kappa shape index (κ2) is 6.52. The number of ketones is 1. The van der Waals surface area contributed by atoms with E-state index in [1.807, 2.05) is 43.3 Å². The minimum atomic E-state index is -0.121. The summed E-state index contributed by atoms with van der Waals surface area (Å²) in [5.74, 6) is 0.127. The molecule has 0 atom stereocenters. The van der Waals surface area contributed by atoms with Crippen LogP contribution in [0.25, 0.3) is 0 Å². The fourth-order valence-electron chi connectivity index (χ4n) is 2.04. The molecule has 0 saturated heterocycles. The number of nitrogens with two attached hydrogens (primary N) is 1. The van der Waals surface area contributed by atoms with Crippen LogP contribution in [0.1, 0.15) is 20.8 Å². The van der Waals surface area contributed by atoms with Gasteiger partial charge in [0.25, 0.3) is 0 Å². The van der Waals surface area contributed by atoms with Crippen molar-refractivity contribution in [3.8, 4) is 0 Å². The maximum Gasteiger partial charge on any atom is 0.206 e. The molecule has 0 aliphatic rings. The van der Waals surface area contributed by atoms with Crippen LogP contribution in [0.5, 0.6) is 0 Å². The zero-order valence-electron chi connectivity index (χ0n) is 12.3. The van der Waals surface area contributed by atoms with Gasteiger partial charge in [-0.15, -0.1) is 0 Å². The van der Waals surface area contributed by atoms with E-state index >= 15 is 0 Å². The van der Waals surface area contributed by atoms with Gasteiger partial charge in [0.15, 0.2) is 5.13 Å². The van der Waals surface area contributed by atoms with Crippen LogP contribution in [0.4, 0.5) is 16.6 Å². The first-order chi connectivity index (χ1) is 11.0.